The van der Waals surface area contributed by atoms with E-state index < -0.39 is 38.3 Å². The minimum Gasteiger partial charge on any atom is -0.469 e. The van der Waals surface area contributed by atoms with E-state index in [0.717, 1.165) is 43.5 Å². The number of rotatable bonds is 3. The van der Waals surface area contributed by atoms with E-state index in [9.17, 15) is 18.0 Å². The minimum absolute atomic E-state index is 0.0386. The number of piperidine rings is 1. The SMILES string of the molecule is COC(=O)C1C[C@]23CCCN4CC[C@@]5(c6ccccc6N(S(=O)(=O)c6ccc(C)cc6)[C@@]15CC2=O)[C@@H]43. The molecule has 8 heteroatoms. The summed E-state index contributed by atoms with van der Waals surface area (Å²) in [4.78, 5) is 30.3. The quantitative estimate of drug-likeness (QED) is 0.595. The summed E-state index contributed by atoms with van der Waals surface area (Å²) >= 11 is 0. The van der Waals surface area contributed by atoms with E-state index in [0.29, 0.717) is 12.1 Å². The number of ketones is 1. The van der Waals surface area contributed by atoms with E-state index in [1.54, 1.807) is 24.3 Å². The van der Waals surface area contributed by atoms with Crippen LogP contribution in [0.2, 0.25) is 0 Å². The van der Waals surface area contributed by atoms with Crippen molar-refractivity contribution < 1.29 is 22.7 Å². The summed E-state index contributed by atoms with van der Waals surface area (Å²) in [5.74, 6) is -1.03. The van der Waals surface area contributed by atoms with Crippen LogP contribution < -0.4 is 4.31 Å². The summed E-state index contributed by atoms with van der Waals surface area (Å²) in [5.41, 5.74) is -0.00521. The fraction of sp³-hybridized carbons (Fsp3) is 0.500. The van der Waals surface area contributed by atoms with Crippen molar-refractivity contribution in [3.8, 4) is 0 Å². The van der Waals surface area contributed by atoms with Crippen LogP contribution in [0.4, 0.5) is 5.69 Å². The summed E-state index contributed by atoms with van der Waals surface area (Å²) in [6.07, 6.45) is 2.75. The Labute approximate surface area is 211 Å². The first-order valence-corrected chi connectivity index (χ1v) is 14.2. The maximum atomic E-state index is 14.6. The van der Waals surface area contributed by atoms with Crippen LogP contribution in [-0.4, -0.2) is 56.9 Å². The average molecular weight is 507 g/mol. The number of hydrogen-bond donors (Lipinski definition) is 0. The van der Waals surface area contributed by atoms with Gasteiger partial charge in [-0.05, 0) is 69.5 Å². The Hall–Kier alpha value is -2.71. The molecule has 0 aromatic heterocycles. The molecule has 36 heavy (non-hydrogen) atoms. The normalized spacial score (nSPS) is 36.4. The number of carbonyl (C=O) groups excluding carboxylic acids is 2. The number of anilines is 1. The van der Waals surface area contributed by atoms with Gasteiger partial charge in [-0.3, -0.25) is 18.8 Å². The number of ether oxygens (including phenoxy) is 1. The number of Topliss-reactive ketones (excluding diaryl/α,β-unsaturated/α-hetero) is 1. The Kier molecular flexibility index (Phi) is 4.36. The highest BCUT2D eigenvalue weighted by Crippen LogP contribution is 2.75. The molecular formula is C28H30N2O5S. The van der Waals surface area contributed by atoms with E-state index in [2.05, 4.69) is 4.90 Å². The second-order valence-corrected chi connectivity index (χ2v) is 13.1. The van der Waals surface area contributed by atoms with Gasteiger partial charge in [0.1, 0.15) is 5.78 Å². The summed E-state index contributed by atoms with van der Waals surface area (Å²) < 4.78 is 36.0. The number of sulfonamides is 1. The zero-order chi connectivity index (χ0) is 25.1. The molecule has 1 unspecified atom stereocenters. The summed E-state index contributed by atoms with van der Waals surface area (Å²) in [6, 6.07) is 14.4. The summed E-state index contributed by atoms with van der Waals surface area (Å²) in [5, 5.41) is 0. The smallest absolute Gasteiger partial charge is 0.311 e. The minimum atomic E-state index is -4.10. The molecule has 3 spiro atoms. The van der Waals surface area contributed by atoms with Crippen molar-refractivity contribution in [2.75, 3.05) is 24.5 Å². The van der Waals surface area contributed by atoms with Gasteiger partial charge in [0.15, 0.2) is 0 Å². The Balaban J connectivity index is 1.58. The van der Waals surface area contributed by atoms with Gasteiger partial charge in [0.05, 0.1) is 29.1 Å². The molecule has 2 bridgehead atoms. The number of methoxy groups -OCH3 is 1. The van der Waals surface area contributed by atoms with Gasteiger partial charge in [-0.1, -0.05) is 35.9 Å². The molecule has 0 N–H and O–H groups in total. The third-order valence-corrected chi connectivity index (χ3v) is 12.0. The van der Waals surface area contributed by atoms with Crippen LogP contribution in [0.25, 0.3) is 0 Å². The fourth-order valence-corrected chi connectivity index (χ4v) is 10.9. The number of nitrogens with zero attached hydrogens (tertiary/aromatic N) is 2. The highest BCUT2D eigenvalue weighted by molar-refractivity contribution is 7.93. The van der Waals surface area contributed by atoms with Crippen LogP contribution in [0.3, 0.4) is 0 Å². The van der Waals surface area contributed by atoms with Gasteiger partial charge in [0.25, 0.3) is 10.0 Å². The van der Waals surface area contributed by atoms with Crippen molar-refractivity contribution in [1.29, 1.82) is 0 Å². The van der Waals surface area contributed by atoms with Crippen LogP contribution in [-0.2, 0) is 29.8 Å². The van der Waals surface area contributed by atoms with Gasteiger partial charge in [-0.2, -0.15) is 0 Å². The van der Waals surface area contributed by atoms with Crippen LogP contribution >= 0.6 is 0 Å². The number of hydrogen-bond acceptors (Lipinski definition) is 6. The van der Waals surface area contributed by atoms with Gasteiger partial charge < -0.3 is 4.74 Å². The van der Waals surface area contributed by atoms with Crippen LogP contribution in [0.15, 0.2) is 53.4 Å². The standard InChI is InChI=1S/C28H30N2O5S/c1-18-8-10-19(11-9-18)36(33,34)30-22-7-4-3-6-20(22)27-13-15-29-14-5-12-26(25(27)29)16-21(24(32)35-2)28(27,30)17-23(26)31/h3-4,6-11,21,25H,5,12-17H2,1-2H3/t21?,25-,26+,27+,28-/m0/s1. The van der Waals surface area contributed by atoms with Crippen molar-refractivity contribution in [1.82, 2.24) is 4.90 Å². The van der Waals surface area contributed by atoms with E-state index in [1.807, 2.05) is 31.2 Å². The highest BCUT2D eigenvalue weighted by atomic mass is 32.2. The van der Waals surface area contributed by atoms with Crippen molar-refractivity contribution in [2.45, 2.75) is 60.9 Å². The molecule has 2 saturated heterocycles. The predicted molar refractivity (Wildman–Crippen MR) is 133 cm³/mol. The zero-order valence-electron chi connectivity index (χ0n) is 20.6. The maximum absolute atomic E-state index is 14.6. The van der Waals surface area contributed by atoms with Crippen molar-refractivity contribution in [3.63, 3.8) is 0 Å². The Morgan fingerprint density at radius 2 is 1.81 bits per heavy atom. The van der Waals surface area contributed by atoms with Crippen molar-refractivity contribution in [2.24, 2.45) is 11.3 Å². The first-order valence-electron chi connectivity index (χ1n) is 12.8. The fourth-order valence-electron chi connectivity index (χ4n) is 9.04. The molecule has 6 aliphatic rings. The second-order valence-electron chi connectivity index (χ2n) is 11.3. The second kappa shape index (κ2) is 6.98. The largest absolute Gasteiger partial charge is 0.469 e. The van der Waals surface area contributed by atoms with Crippen molar-refractivity contribution in [3.05, 3.63) is 59.7 Å². The Morgan fingerprint density at radius 1 is 1.06 bits per heavy atom. The molecule has 7 nitrogen and oxygen atoms in total. The number of esters is 1. The number of aryl methyl sites for hydroxylation is 1. The molecule has 5 fully saturated rings. The molecule has 0 amide bonds. The molecule has 3 aliphatic heterocycles. The molecule has 8 rings (SSSR count). The molecule has 0 radical (unpaired) electrons. The summed E-state index contributed by atoms with van der Waals surface area (Å²) in [7, 11) is -2.73. The van der Waals surface area contributed by atoms with Gasteiger partial charge in [0.2, 0.25) is 0 Å². The predicted octanol–water partition coefficient (Wildman–Crippen LogP) is 3.20. The number of para-hydroxylation sites is 1. The monoisotopic (exact) mass is 506 g/mol. The molecular weight excluding hydrogens is 476 g/mol. The molecule has 2 aromatic rings. The summed E-state index contributed by atoms with van der Waals surface area (Å²) in [6.45, 7) is 3.61. The van der Waals surface area contributed by atoms with Gasteiger partial charge in [-0.15, -0.1) is 0 Å². The van der Waals surface area contributed by atoms with Gasteiger partial charge in [0, 0.05) is 23.3 Å². The number of benzene rings is 2. The van der Waals surface area contributed by atoms with Gasteiger partial charge in [-0.25, -0.2) is 8.42 Å². The molecule has 2 aromatic carbocycles. The number of carbonyl (C=O) groups is 2. The first kappa shape index (κ1) is 22.5. The van der Waals surface area contributed by atoms with E-state index in [4.69, 9.17) is 4.74 Å². The first-order chi connectivity index (χ1) is 17.2. The van der Waals surface area contributed by atoms with Crippen LogP contribution in [0, 0.1) is 18.3 Å². The lowest BCUT2D eigenvalue weighted by molar-refractivity contribution is -0.179. The van der Waals surface area contributed by atoms with Gasteiger partial charge >= 0.3 is 5.97 Å². The van der Waals surface area contributed by atoms with Crippen LogP contribution in [0.5, 0.6) is 0 Å². The highest BCUT2D eigenvalue weighted by Gasteiger charge is 2.84. The van der Waals surface area contributed by atoms with E-state index in [-0.39, 0.29) is 23.1 Å². The maximum Gasteiger partial charge on any atom is 0.311 e. The lowest BCUT2D eigenvalue weighted by Crippen LogP contribution is -2.81. The molecule has 188 valence electrons. The third kappa shape index (κ3) is 2.28. The van der Waals surface area contributed by atoms with Crippen LogP contribution in [0.1, 0.15) is 43.2 Å². The Morgan fingerprint density at radius 3 is 2.56 bits per heavy atom. The van der Waals surface area contributed by atoms with E-state index >= 15 is 0 Å². The van der Waals surface area contributed by atoms with E-state index in [1.165, 1.54) is 11.4 Å². The molecule has 5 atom stereocenters. The lowest BCUT2D eigenvalue weighted by Gasteiger charge is -2.68. The lowest BCUT2D eigenvalue weighted by atomic mass is 9.38. The Bertz CT molecular complexity index is 1420. The molecule has 3 heterocycles. The van der Waals surface area contributed by atoms with Crippen molar-refractivity contribution >= 4 is 27.5 Å². The topological polar surface area (TPSA) is 84.0 Å². The zero-order valence-corrected chi connectivity index (χ0v) is 21.4. The molecule has 3 aliphatic carbocycles. The molecule has 3 saturated carbocycles. The third-order valence-electron chi connectivity index (χ3n) is 10.1. The average Bonchev–Trinajstić information content (AvgIpc) is 3.40. The number of fused-ring (bicyclic) bond motifs is 3.